The Morgan fingerprint density at radius 3 is 2.00 bits per heavy atom. The molecule has 0 rings (SSSR count). The van der Waals surface area contributed by atoms with Gasteiger partial charge in [-0.2, -0.15) is 0 Å². The zero-order chi connectivity index (χ0) is 6.83. The van der Waals surface area contributed by atoms with Crippen LogP contribution < -0.4 is 5.73 Å². The molecule has 50 valence electrons. The SMILES string of the molecule is C=CCN.CCCO. The highest BCUT2D eigenvalue weighted by atomic mass is 16.2. The molecule has 0 aromatic rings. The fourth-order valence-electron chi connectivity index (χ4n) is 0. The van der Waals surface area contributed by atoms with Crippen LogP contribution in [0.2, 0.25) is 0 Å². The molecule has 0 aromatic heterocycles. The Labute approximate surface area is 51.0 Å². The highest BCUT2D eigenvalue weighted by molar-refractivity contribution is 4.64. The minimum atomic E-state index is 0.319. The highest BCUT2D eigenvalue weighted by Crippen LogP contribution is 1.61. The van der Waals surface area contributed by atoms with Crippen molar-refractivity contribution in [3.63, 3.8) is 0 Å². The molecule has 0 aliphatic carbocycles. The predicted molar refractivity (Wildman–Crippen MR) is 36.6 cm³/mol. The van der Waals surface area contributed by atoms with Crippen LogP contribution in [0.1, 0.15) is 13.3 Å². The van der Waals surface area contributed by atoms with Gasteiger partial charge in [-0.3, -0.25) is 0 Å². The first-order chi connectivity index (χ1) is 3.83. The molecule has 0 saturated carbocycles. The third kappa shape index (κ3) is 44.6. The molecule has 0 saturated heterocycles. The number of nitrogens with two attached hydrogens (primary N) is 1. The van der Waals surface area contributed by atoms with Gasteiger partial charge in [0, 0.05) is 13.2 Å². The van der Waals surface area contributed by atoms with Crippen LogP contribution in [-0.4, -0.2) is 18.3 Å². The Morgan fingerprint density at radius 2 is 2.00 bits per heavy atom. The Kier molecular flexibility index (Phi) is 21.1. The zero-order valence-electron chi connectivity index (χ0n) is 5.43. The maximum Gasteiger partial charge on any atom is 0.0428 e. The summed E-state index contributed by atoms with van der Waals surface area (Å²) in [4.78, 5) is 0. The van der Waals surface area contributed by atoms with E-state index in [-0.39, 0.29) is 0 Å². The van der Waals surface area contributed by atoms with Gasteiger partial charge in [0.2, 0.25) is 0 Å². The number of aliphatic hydroxyl groups is 1. The van der Waals surface area contributed by atoms with Gasteiger partial charge in [0.25, 0.3) is 0 Å². The van der Waals surface area contributed by atoms with E-state index in [2.05, 4.69) is 6.58 Å². The van der Waals surface area contributed by atoms with Gasteiger partial charge in [0.1, 0.15) is 0 Å². The van der Waals surface area contributed by atoms with E-state index in [1.807, 2.05) is 6.92 Å². The molecule has 0 radical (unpaired) electrons. The van der Waals surface area contributed by atoms with Gasteiger partial charge in [-0.15, -0.1) is 6.58 Å². The van der Waals surface area contributed by atoms with Gasteiger partial charge in [0.15, 0.2) is 0 Å². The Bertz CT molecular complexity index is 35.5. The van der Waals surface area contributed by atoms with Crippen molar-refractivity contribution in [1.29, 1.82) is 0 Å². The second-order valence-electron chi connectivity index (χ2n) is 1.25. The number of aliphatic hydroxyl groups excluding tert-OH is 1. The monoisotopic (exact) mass is 117 g/mol. The van der Waals surface area contributed by atoms with E-state index < -0.39 is 0 Å². The largest absolute Gasteiger partial charge is 0.396 e. The molecule has 0 aliphatic heterocycles. The first-order valence-electron chi connectivity index (χ1n) is 2.75. The molecule has 2 heteroatoms. The van der Waals surface area contributed by atoms with Crippen molar-refractivity contribution in [2.45, 2.75) is 13.3 Å². The smallest absolute Gasteiger partial charge is 0.0428 e. The first-order valence-corrected chi connectivity index (χ1v) is 2.75. The number of rotatable bonds is 2. The maximum absolute atomic E-state index is 7.88. The van der Waals surface area contributed by atoms with Crippen molar-refractivity contribution in [3.05, 3.63) is 12.7 Å². The van der Waals surface area contributed by atoms with Gasteiger partial charge in [-0.05, 0) is 6.42 Å². The van der Waals surface area contributed by atoms with E-state index in [9.17, 15) is 0 Å². The molecule has 3 N–H and O–H groups in total. The van der Waals surface area contributed by atoms with E-state index in [0.717, 1.165) is 6.42 Å². The molecule has 0 atom stereocenters. The third-order valence-electron chi connectivity index (χ3n) is 0.390. The topological polar surface area (TPSA) is 46.2 Å². The standard InChI is InChI=1S/C3H7N.C3H8O/c2*1-2-3-4/h2H,1,3-4H2;4H,2-3H2,1H3. The lowest BCUT2D eigenvalue weighted by Gasteiger charge is -1.69. The highest BCUT2D eigenvalue weighted by Gasteiger charge is 1.57. The van der Waals surface area contributed by atoms with Crippen molar-refractivity contribution < 1.29 is 5.11 Å². The second-order valence-corrected chi connectivity index (χ2v) is 1.25. The summed E-state index contributed by atoms with van der Waals surface area (Å²) < 4.78 is 0. The van der Waals surface area contributed by atoms with E-state index in [4.69, 9.17) is 10.8 Å². The normalized spacial score (nSPS) is 6.88. The first kappa shape index (κ1) is 10.6. The van der Waals surface area contributed by atoms with Crippen molar-refractivity contribution in [1.82, 2.24) is 0 Å². The second kappa shape index (κ2) is 15.9. The van der Waals surface area contributed by atoms with Crippen molar-refractivity contribution >= 4 is 0 Å². The summed E-state index contributed by atoms with van der Waals surface area (Å²) in [7, 11) is 0. The lowest BCUT2D eigenvalue weighted by atomic mass is 10.5. The molecule has 0 unspecified atom stereocenters. The van der Waals surface area contributed by atoms with E-state index >= 15 is 0 Å². The third-order valence-corrected chi connectivity index (χ3v) is 0.390. The van der Waals surface area contributed by atoms with Crippen LogP contribution in [-0.2, 0) is 0 Å². The molecule has 0 fully saturated rings. The number of hydrogen-bond donors (Lipinski definition) is 2. The molecule has 0 heterocycles. The van der Waals surface area contributed by atoms with Crippen LogP contribution in [0.25, 0.3) is 0 Å². The summed E-state index contributed by atoms with van der Waals surface area (Å²) in [6.07, 6.45) is 2.53. The molecule has 0 spiro atoms. The van der Waals surface area contributed by atoms with Crippen LogP contribution in [0.5, 0.6) is 0 Å². The van der Waals surface area contributed by atoms with Gasteiger partial charge < -0.3 is 10.8 Å². The summed E-state index contributed by atoms with van der Waals surface area (Å²) in [6, 6.07) is 0. The predicted octanol–water partition coefficient (Wildman–Crippen LogP) is 0.520. The van der Waals surface area contributed by atoms with Crippen LogP contribution in [0, 0.1) is 0 Å². The van der Waals surface area contributed by atoms with Gasteiger partial charge >= 0.3 is 0 Å². The Hall–Kier alpha value is -0.340. The molecule has 0 aliphatic rings. The fourth-order valence-corrected chi connectivity index (χ4v) is 0. The maximum atomic E-state index is 7.88. The van der Waals surface area contributed by atoms with E-state index in [1.165, 1.54) is 0 Å². The van der Waals surface area contributed by atoms with E-state index in [1.54, 1.807) is 6.08 Å². The lowest BCUT2D eigenvalue weighted by Crippen LogP contribution is -1.90. The molecular formula is C6H15NO. The lowest BCUT2D eigenvalue weighted by molar-refractivity contribution is 0.295. The molecule has 0 bridgehead atoms. The fraction of sp³-hybridized carbons (Fsp3) is 0.667. The Morgan fingerprint density at radius 1 is 1.75 bits per heavy atom. The quantitative estimate of drug-likeness (QED) is 0.518. The molecule has 2 nitrogen and oxygen atoms in total. The van der Waals surface area contributed by atoms with Crippen LogP contribution in [0.15, 0.2) is 12.7 Å². The molecule has 8 heavy (non-hydrogen) atoms. The summed E-state index contributed by atoms with van der Waals surface area (Å²) in [5.74, 6) is 0. The minimum Gasteiger partial charge on any atom is -0.396 e. The average molecular weight is 117 g/mol. The molecular weight excluding hydrogens is 102 g/mol. The van der Waals surface area contributed by atoms with Gasteiger partial charge in [-0.25, -0.2) is 0 Å². The zero-order valence-corrected chi connectivity index (χ0v) is 5.43. The van der Waals surface area contributed by atoms with Crippen LogP contribution in [0.4, 0.5) is 0 Å². The average Bonchev–Trinajstić information content (AvgIpc) is 1.88. The number of hydrogen-bond acceptors (Lipinski definition) is 2. The molecule has 0 aromatic carbocycles. The van der Waals surface area contributed by atoms with Crippen molar-refractivity contribution in [2.24, 2.45) is 5.73 Å². The minimum absolute atomic E-state index is 0.319. The van der Waals surface area contributed by atoms with Gasteiger partial charge in [0.05, 0.1) is 0 Å². The summed E-state index contributed by atoms with van der Waals surface area (Å²) in [6.45, 7) is 6.19. The summed E-state index contributed by atoms with van der Waals surface area (Å²) in [5, 5.41) is 7.88. The Balaban J connectivity index is 0. The summed E-state index contributed by atoms with van der Waals surface area (Å²) >= 11 is 0. The van der Waals surface area contributed by atoms with Crippen molar-refractivity contribution in [2.75, 3.05) is 13.2 Å². The van der Waals surface area contributed by atoms with Crippen LogP contribution in [0.3, 0.4) is 0 Å². The van der Waals surface area contributed by atoms with Gasteiger partial charge in [-0.1, -0.05) is 13.0 Å². The van der Waals surface area contributed by atoms with Crippen molar-refractivity contribution in [3.8, 4) is 0 Å². The summed E-state index contributed by atoms with van der Waals surface area (Å²) in [5.41, 5.74) is 4.91. The molecule has 0 amide bonds. The van der Waals surface area contributed by atoms with E-state index in [0.29, 0.717) is 13.2 Å². The van der Waals surface area contributed by atoms with Crippen LogP contribution >= 0.6 is 0 Å².